The van der Waals surface area contributed by atoms with Gasteiger partial charge in [-0.1, -0.05) is 18.2 Å². The molecule has 0 unspecified atom stereocenters. The number of nitrogens with one attached hydrogen (secondary N) is 2. The highest BCUT2D eigenvalue weighted by Gasteiger charge is 2.10. The number of benzene rings is 2. The first-order valence-electron chi connectivity index (χ1n) is 8.81. The Morgan fingerprint density at radius 2 is 2.04 bits per heavy atom. The van der Waals surface area contributed by atoms with E-state index < -0.39 is 0 Å². The lowest BCUT2D eigenvalue weighted by atomic mass is 10.2. The molecule has 0 bridgehead atoms. The van der Waals surface area contributed by atoms with E-state index in [4.69, 9.17) is 4.74 Å². The van der Waals surface area contributed by atoms with Crippen LogP contribution >= 0.6 is 0 Å². The van der Waals surface area contributed by atoms with E-state index in [0.29, 0.717) is 12.5 Å². The molecule has 28 heavy (non-hydrogen) atoms. The number of ether oxygens (including phenoxy) is 1. The van der Waals surface area contributed by atoms with Gasteiger partial charge in [-0.05, 0) is 24.3 Å². The second-order valence-corrected chi connectivity index (χ2v) is 6.32. The van der Waals surface area contributed by atoms with Crippen LogP contribution in [0.15, 0.2) is 61.2 Å². The minimum atomic E-state index is 0.530. The summed E-state index contributed by atoms with van der Waals surface area (Å²) in [6.45, 7) is 0.559. The number of methoxy groups -OCH3 is 1. The zero-order valence-electron chi connectivity index (χ0n) is 15.1. The molecule has 138 valence electrons. The molecule has 0 spiro atoms. The van der Waals surface area contributed by atoms with Crippen LogP contribution in [-0.2, 0) is 6.54 Å². The molecule has 3 heterocycles. The molecule has 0 saturated carbocycles. The van der Waals surface area contributed by atoms with Crippen molar-refractivity contribution in [2.75, 3.05) is 12.4 Å². The van der Waals surface area contributed by atoms with Crippen molar-refractivity contribution in [1.29, 1.82) is 0 Å². The van der Waals surface area contributed by atoms with Crippen LogP contribution in [0.5, 0.6) is 5.75 Å². The number of rotatable bonds is 5. The number of anilines is 1. The van der Waals surface area contributed by atoms with Gasteiger partial charge >= 0.3 is 0 Å². The summed E-state index contributed by atoms with van der Waals surface area (Å²) >= 11 is 0. The summed E-state index contributed by atoms with van der Waals surface area (Å²) in [6, 6.07) is 13.9. The van der Waals surface area contributed by atoms with Gasteiger partial charge < -0.3 is 10.1 Å². The van der Waals surface area contributed by atoms with Crippen molar-refractivity contribution in [3.8, 4) is 11.4 Å². The molecule has 0 radical (unpaired) electrons. The standard InChI is InChI=1S/C20H17N7O/c1-28-18-5-3-2-4-14(18)9-21-20-22-11-17-19(25-20)27(12-23-17)15-7-6-13-10-24-26-16(13)8-15/h2-8,10-12H,9H2,1H3,(H,24,26)(H,21,22,25). The van der Waals surface area contributed by atoms with Gasteiger partial charge in [0.15, 0.2) is 5.65 Å². The van der Waals surface area contributed by atoms with E-state index >= 15 is 0 Å². The topological polar surface area (TPSA) is 93.5 Å². The second-order valence-electron chi connectivity index (χ2n) is 6.32. The molecule has 0 atom stereocenters. The summed E-state index contributed by atoms with van der Waals surface area (Å²) < 4.78 is 7.33. The predicted octanol–water partition coefficient (Wildman–Crippen LogP) is 3.31. The summed E-state index contributed by atoms with van der Waals surface area (Å²) in [6.07, 6.45) is 5.27. The molecule has 2 aromatic carbocycles. The van der Waals surface area contributed by atoms with Gasteiger partial charge in [0.05, 0.1) is 30.7 Å². The molecular weight excluding hydrogens is 354 g/mol. The van der Waals surface area contributed by atoms with E-state index in [9.17, 15) is 0 Å². The minimum Gasteiger partial charge on any atom is -0.496 e. The number of fused-ring (bicyclic) bond motifs is 2. The van der Waals surface area contributed by atoms with Gasteiger partial charge in [-0.25, -0.2) is 9.97 Å². The van der Waals surface area contributed by atoms with Crippen LogP contribution in [0, 0.1) is 0 Å². The van der Waals surface area contributed by atoms with Crippen molar-refractivity contribution in [1.82, 2.24) is 29.7 Å². The molecule has 8 nitrogen and oxygen atoms in total. The fraction of sp³-hybridized carbons (Fsp3) is 0.100. The highest BCUT2D eigenvalue weighted by Crippen LogP contribution is 2.22. The summed E-state index contributed by atoms with van der Waals surface area (Å²) in [7, 11) is 1.66. The van der Waals surface area contributed by atoms with Crippen molar-refractivity contribution < 1.29 is 4.74 Å². The molecule has 0 aliphatic rings. The smallest absolute Gasteiger partial charge is 0.225 e. The average molecular weight is 371 g/mol. The maximum atomic E-state index is 5.39. The zero-order valence-corrected chi connectivity index (χ0v) is 15.1. The third kappa shape index (κ3) is 2.81. The van der Waals surface area contributed by atoms with E-state index in [1.54, 1.807) is 25.8 Å². The van der Waals surface area contributed by atoms with Crippen molar-refractivity contribution in [3.05, 3.63) is 66.7 Å². The van der Waals surface area contributed by atoms with E-state index in [0.717, 1.165) is 39.1 Å². The van der Waals surface area contributed by atoms with Crippen LogP contribution < -0.4 is 10.1 Å². The Balaban J connectivity index is 1.47. The van der Waals surface area contributed by atoms with Gasteiger partial charge in [0, 0.05) is 17.5 Å². The summed E-state index contributed by atoms with van der Waals surface area (Å²) in [5.74, 6) is 1.36. The molecule has 0 amide bonds. The Hall–Kier alpha value is -3.94. The summed E-state index contributed by atoms with van der Waals surface area (Å²) in [5.41, 5.74) is 4.41. The maximum Gasteiger partial charge on any atom is 0.225 e. The van der Waals surface area contributed by atoms with Crippen molar-refractivity contribution >= 4 is 28.0 Å². The fourth-order valence-corrected chi connectivity index (χ4v) is 3.18. The molecule has 5 rings (SSSR count). The number of para-hydroxylation sites is 1. The van der Waals surface area contributed by atoms with Crippen LogP contribution in [0.1, 0.15) is 5.56 Å². The first-order chi connectivity index (χ1) is 13.8. The van der Waals surface area contributed by atoms with Gasteiger partial charge in [0.2, 0.25) is 5.95 Å². The van der Waals surface area contributed by atoms with E-state index in [1.165, 1.54) is 0 Å². The molecule has 0 saturated heterocycles. The highest BCUT2D eigenvalue weighted by molar-refractivity contribution is 5.81. The van der Waals surface area contributed by atoms with Gasteiger partial charge in [0.1, 0.15) is 17.6 Å². The van der Waals surface area contributed by atoms with Crippen LogP contribution in [0.3, 0.4) is 0 Å². The fourth-order valence-electron chi connectivity index (χ4n) is 3.18. The van der Waals surface area contributed by atoms with Crippen molar-refractivity contribution in [2.45, 2.75) is 6.54 Å². The van der Waals surface area contributed by atoms with E-state index in [-0.39, 0.29) is 0 Å². The van der Waals surface area contributed by atoms with Gasteiger partial charge in [-0.15, -0.1) is 0 Å². The van der Waals surface area contributed by atoms with E-state index in [1.807, 2.05) is 47.0 Å². The lowest BCUT2D eigenvalue weighted by molar-refractivity contribution is 0.410. The van der Waals surface area contributed by atoms with Crippen LogP contribution in [0.25, 0.3) is 27.8 Å². The van der Waals surface area contributed by atoms with E-state index in [2.05, 4.69) is 30.5 Å². The molecule has 2 N–H and O–H groups in total. The third-order valence-corrected chi connectivity index (χ3v) is 4.62. The number of hydrogen-bond acceptors (Lipinski definition) is 6. The Labute approximate surface area is 160 Å². The number of aromatic nitrogens is 6. The number of aromatic amines is 1. The quantitative estimate of drug-likeness (QED) is 0.492. The van der Waals surface area contributed by atoms with Gasteiger partial charge in [-0.2, -0.15) is 10.1 Å². The minimum absolute atomic E-state index is 0.530. The Kier molecular flexibility index (Phi) is 3.86. The highest BCUT2D eigenvalue weighted by atomic mass is 16.5. The van der Waals surface area contributed by atoms with Gasteiger partial charge in [0.25, 0.3) is 0 Å². The van der Waals surface area contributed by atoms with Crippen molar-refractivity contribution in [2.24, 2.45) is 0 Å². The molecular formula is C20H17N7O. The second kappa shape index (κ2) is 6.66. The Morgan fingerprint density at radius 1 is 1.11 bits per heavy atom. The lowest BCUT2D eigenvalue weighted by Gasteiger charge is -2.09. The van der Waals surface area contributed by atoms with Crippen LogP contribution in [-0.4, -0.2) is 36.8 Å². The SMILES string of the molecule is COc1ccccc1CNc1ncc2ncn(-c3ccc4cn[nH]c4c3)c2n1. The summed E-state index contributed by atoms with van der Waals surface area (Å²) in [5, 5.41) is 11.4. The summed E-state index contributed by atoms with van der Waals surface area (Å²) in [4.78, 5) is 13.4. The molecule has 5 aromatic rings. The first kappa shape index (κ1) is 16.2. The van der Waals surface area contributed by atoms with Gasteiger partial charge in [-0.3, -0.25) is 9.67 Å². The monoisotopic (exact) mass is 371 g/mol. The zero-order chi connectivity index (χ0) is 18.9. The van der Waals surface area contributed by atoms with Crippen LogP contribution in [0.2, 0.25) is 0 Å². The molecule has 0 aliphatic heterocycles. The molecule has 8 heteroatoms. The van der Waals surface area contributed by atoms with Crippen molar-refractivity contribution in [3.63, 3.8) is 0 Å². The molecule has 3 aromatic heterocycles. The van der Waals surface area contributed by atoms with Crippen LogP contribution in [0.4, 0.5) is 5.95 Å². The predicted molar refractivity (Wildman–Crippen MR) is 107 cm³/mol. The number of nitrogens with zero attached hydrogens (tertiary/aromatic N) is 5. The lowest BCUT2D eigenvalue weighted by Crippen LogP contribution is -2.05. The maximum absolute atomic E-state index is 5.39. The Morgan fingerprint density at radius 3 is 2.96 bits per heavy atom. The average Bonchev–Trinajstić information content (AvgIpc) is 3.38. The first-order valence-corrected chi connectivity index (χ1v) is 8.81. The largest absolute Gasteiger partial charge is 0.496 e. The normalized spacial score (nSPS) is 11.2. The molecule has 0 aliphatic carbocycles. The molecule has 0 fully saturated rings. The number of H-pyrrole nitrogens is 1. The Bertz CT molecular complexity index is 1270. The third-order valence-electron chi connectivity index (χ3n) is 4.62. The number of imidazole rings is 1. The number of hydrogen-bond donors (Lipinski definition) is 2.